The van der Waals surface area contributed by atoms with Crippen molar-refractivity contribution in [1.29, 1.82) is 0 Å². The Morgan fingerprint density at radius 1 is 0.232 bits per heavy atom. The first-order valence-electron chi connectivity index (χ1n) is 37.0. The Labute approximate surface area is 512 Å². The molecule has 1 atom stereocenters. The van der Waals surface area contributed by atoms with Crippen molar-refractivity contribution in [2.75, 3.05) is 13.2 Å². The molecule has 0 saturated carbocycles. The number of hydrogen-bond acceptors (Lipinski definition) is 6. The van der Waals surface area contributed by atoms with Gasteiger partial charge in [0.25, 0.3) is 0 Å². The Morgan fingerprint density at radius 3 is 0.659 bits per heavy atom. The summed E-state index contributed by atoms with van der Waals surface area (Å²) in [5.41, 5.74) is 0. The van der Waals surface area contributed by atoms with E-state index in [4.69, 9.17) is 14.2 Å². The molecular weight excluding hydrogens is 1010 g/mol. The molecule has 0 heterocycles. The molecule has 0 aliphatic carbocycles. The monoisotopic (exact) mass is 1150 g/mol. The first-order valence-corrected chi connectivity index (χ1v) is 37.0. The van der Waals surface area contributed by atoms with Crippen LogP contribution >= 0.6 is 0 Å². The average molecular weight is 1150 g/mol. The highest BCUT2D eigenvalue weighted by Gasteiger charge is 2.19. The number of ether oxygens (including phenoxy) is 3. The van der Waals surface area contributed by atoms with Gasteiger partial charge in [-0.25, -0.2) is 0 Å². The third-order valence-electron chi connectivity index (χ3n) is 16.8. The van der Waals surface area contributed by atoms with E-state index in [1.807, 2.05) is 0 Å². The fourth-order valence-electron chi connectivity index (χ4n) is 11.3. The summed E-state index contributed by atoms with van der Waals surface area (Å²) >= 11 is 0. The van der Waals surface area contributed by atoms with E-state index in [2.05, 4.69) is 57.2 Å². The molecule has 0 radical (unpaired) electrons. The van der Waals surface area contributed by atoms with Crippen LogP contribution in [0.2, 0.25) is 0 Å². The lowest BCUT2D eigenvalue weighted by Crippen LogP contribution is -2.30. The summed E-state index contributed by atoms with van der Waals surface area (Å²) in [7, 11) is 0. The molecule has 0 amide bonds. The summed E-state index contributed by atoms with van der Waals surface area (Å²) < 4.78 is 17.0. The van der Waals surface area contributed by atoms with Crippen LogP contribution in [-0.2, 0) is 28.6 Å². The second-order valence-corrected chi connectivity index (χ2v) is 25.2. The largest absolute Gasteiger partial charge is 0.462 e. The molecular formula is C76H142O6. The van der Waals surface area contributed by atoms with Crippen LogP contribution in [0.3, 0.4) is 0 Å². The summed E-state index contributed by atoms with van der Waals surface area (Å²) in [5, 5.41) is 0. The van der Waals surface area contributed by atoms with Crippen LogP contribution < -0.4 is 0 Å². The van der Waals surface area contributed by atoms with Crippen LogP contribution in [0.25, 0.3) is 0 Å². The van der Waals surface area contributed by atoms with E-state index in [1.165, 1.54) is 302 Å². The van der Waals surface area contributed by atoms with Gasteiger partial charge in [-0.2, -0.15) is 0 Å². The molecule has 0 spiro atoms. The van der Waals surface area contributed by atoms with E-state index in [1.54, 1.807) is 0 Å². The van der Waals surface area contributed by atoms with E-state index < -0.39 is 6.10 Å². The van der Waals surface area contributed by atoms with Crippen molar-refractivity contribution in [2.24, 2.45) is 0 Å². The van der Waals surface area contributed by atoms with Crippen LogP contribution in [0, 0.1) is 0 Å². The normalized spacial score (nSPS) is 12.2. The summed E-state index contributed by atoms with van der Waals surface area (Å²) in [6, 6.07) is 0. The fraction of sp³-hybridized carbons (Fsp3) is 0.882. The number of rotatable bonds is 69. The van der Waals surface area contributed by atoms with E-state index in [0.717, 1.165) is 70.6 Å². The zero-order chi connectivity index (χ0) is 59.2. The van der Waals surface area contributed by atoms with Crippen LogP contribution in [0.15, 0.2) is 36.5 Å². The Bertz CT molecular complexity index is 1370. The standard InChI is InChI=1S/C76H142O6/c1-4-7-10-13-16-19-22-24-26-28-30-32-34-36-38-40-42-44-46-48-50-52-54-57-60-63-66-69-75(78)81-72-73(71-80-74(77)68-65-62-59-56-21-18-15-12-9-6-3)82-76(79)70-67-64-61-58-55-53-51-49-47-45-43-41-39-37-35-33-31-29-27-25-23-20-17-14-11-8-5-2/h12,15,28-31,73H,4-11,13-14,16-27,32-72H2,1-3H3/b15-12-,30-28-,31-29-. The van der Waals surface area contributed by atoms with Gasteiger partial charge in [0.05, 0.1) is 0 Å². The topological polar surface area (TPSA) is 78.9 Å². The van der Waals surface area contributed by atoms with Gasteiger partial charge in [0.2, 0.25) is 0 Å². The number of hydrogen-bond donors (Lipinski definition) is 0. The SMILES string of the molecule is CCC/C=C\CCCCCCCC(=O)OCC(COC(=O)CCCCCCCCCCCCCCCCC/C=C\CCCCCCCCCC)OC(=O)CCCCCCCCCCCCCCCCC/C=C\CCCCCCCCCC. The molecule has 0 aromatic carbocycles. The molecule has 482 valence electrons. The molecule has 0 rings (SSSR count). The number of esters is 3. The quantitative estimate of drug-likeness (QED) is 0.0261. The van der Waals surface area contributed by atoms with Crippen molar-refractivity contribution in [2.45, 2.75) is 419 Å². The molecule has 6 heteroatoms. The molecule has 0 bridgehead atoms. The number of carbonyl (C=O) groups is 3. The van der Waals surface area contributed by atoms with E-state index in [0.29, 0.717) is 19.3 Å². The van der Waals surface area contributed by atoms with E-state index in [-0.39, 0.29) is 31.1 Å². The smallest absolute Gasteiger partial charge is 0.306 e. The Balaban J connectivity index is 4.11. The van der Waals surface area contributed by atoms with Crippen molar-refractivity contribution in [3.63, 3.8) is 0 Å². The Morgan fingerprint density at radius 2 is 0.427 bits per heavy atom. The lowest BCUT2D eigenvalue weighted by atomic mass is 10.0. The minimum absolute atomic E-state index is 0.0700. The van der Waals surface area contributed by atoms with Gasteiger partial charge in [-0.15, -0.1) is 0 Å². The lowest BCUT2D eigenvalue weighted by molar-refractivity contribution is -0.167. The van der Waals surface area contributed by atoms with Gasteiger partial charge < -0.3 is 14.2 Å². The van der Waals surface area contributed by atoms with Crippen LogP contribution in [0.4, 0.5) is 0 Å². The molecule has 0 aliphatic heterocycles. The maximum absolute atomic E-state index is 12.9. The highest BCUT2D eigenvalue weighted by Crippen LogP contribution is 2.19. The summed E-state index contributed by atoms with van der Waals surface area (Å²) in [6.07, 6.45) is 89.2. The zero-order valence-electron chi connectivity index (χ0n) is 55.5. The molecule has 82 heavy (non-hydrogen) atoms. The zero-order valence-corrected chi connectivity index (χ0v) is 55.5. The van der Waals surface area contributed by atoms with Crippen LogP contribution in [0.1, 0.15) is 412 Å². The van der Waals surface area contributed by atoms with Crippen molar-refractivity contribution in [3.05, 3.63) is 36.5 Å². The summed E-state index contributed by atoms with van der Waals surface area (Å²) in [4.78, 5) is 38.4. The fourth-order valence-corrected chi connectivity index (χ4v) is 11.3. The van der Waals surface area contributed by atoms with Crippen LogP contribution in [-0.4, -0.2) is 37.2 Å². The summed E-state index contributed by atoms with van der Waals surface area (Å²) in [6.45, 7) is 6.64. The maximum atomic E-state index is 12.9. The predicted octanol–water partition coefficient (Wildman–Crippen LogP) is 25.5. The van der Waals surface area contributed by atoms with Gasteiger partial charge >= 0.3 is 17.9 Å². The van der Waals surface area contributed by atoms with E-state index in [9.17, 15) is 14.4 Å². The third kappa shape index (κ3) is 68.4. The van der Waals surface area contributed by atoms with Gasteiger partial charge in [-0.05, 0) is 89.9 Å². The highest BCUT2D eigenvalue weighted by atomic mass is 16.6. The molecule has 0 aromatic rings. The van der Waals surface area contributed by atoms with Crippen molar-refractivity contribution >= 4 is 17.9 Å². The minimum Gasteiger partial charge on any atom is -0.462 e. The van der Waals surface area contributed by atoms with Gasteiger partial charge in [0.1, 0.15) is 13.2 Å². The first kappa shape index (κ1) is 79.6. The minimum atomic E-state index is -0.774. The molecule has 6 nitrogen and oxygen atoms in total. The molecule has 0 N–H and O–H groups in total. The molecule has 0 fully saturated rings. The van der Waals surface area contributed by atoms with E-state index >= 15 is 0 Å². The second-order valence-electron chi connectivity index (χ2n) is 25.2. The van der Waals surface area contributed by atoms with Crippen LogP contribution in [0.5, 0.6) is 0 Å². The number of unbranched alkanes of at least 4 members (excludes halogenated alkanes) is 52. The van der Waals surface area contributed by atoms with Gasteiger partial charge in [-0.3, -0.25) is 14.4 Å². The lowest BCUT2D eigenvalue weighted by Gasteiger charge is -2.18. The average Bonchev–Trinajstić information content (AvgIpc) is 3.47. The molecule has 0 aromatic heterocycles. The van der Waals surface area contributed by atoms with Crippen molar-refractivity contribution in [3.8, 4) is 0 Å². The number of carbonyl (C=O) groups excluding carboxylic acids is 3. The summed E-state index contributed by atoms with van der Waals surface area (Å²) in [5.74, 6) is -0.853. The third-order valence-corrected chi connectivity index (χ3v) is 16.8. The molecule has 0 saturated heterocycles. The Hall–Kier alpha value is -2.37. The first-order chi connectivity index (χ1) is 40.5. The number of allylic oxidation sites excluding steroid dienone is 6. The van der Waals surface area contributed by atoms with Crippen molar-refractivity contribution < 1.29 is 28.6 Å². The van der Waals surface area contributed by atoms with Gasteiger partial charge in [0, 0.05) is 19.3 Å². The second kappa shape index (κ2) is 71.1. The Kier molecular flexibility index (Phi) is 69.1. The maximum Gasteiger partial charge on any atom is 0.306 e. The predicted molar refractivity (Wildman–Crippen MR) is 358 cm³/mol. The van der Waals surface area contributed by atoms with Gasteiger partial charge in [-0.1, -0.05) is 340 Å². The van der Waals surface area contributed by atoms with Gasteiger partial charge in [0.15, 0.2) is 6.10 Å². The molecule has 0 aliphatic rings. The van der Waals surface area contributed by atoms with Crippen molar-refractivity contribution in [1.82, 2.24) is 0 Å². The highest BCUT2D eigenvalue weighted by molar-refractivity contribution is 5.71. The molecule has 1 unspecified atom stereocenters.